The van der Waals surface area contributed by atoms with E-state index >= 15 is 0 Å². The summed E-state index contributed by atoms with van der Waals surface area (Å²) in [6.45, 7) is 3.15. The van der Waals surface area contributed by atoms with Gasteiger partial charge in [-0.3, -0.25) is 0 Å². The van der Waals surface area contributed by atoms with Crippen molar-refractivity contribution in [2.45, 2.75) is 44.0 Å². The predicted octanol–water partition coefficient (Wildman–Crippen LogP) is 3.45. The zero-order valence-corrected chi connectivity index (χ0v) is 18.4. The molecule has 1 saturated heterocycles. The summed E-state index contributed by atoms with van der Waals surface area (Å²) in [5, 5.41) is 3.03. The van der Waals surface area contributed by atoms with Crippen LogP contribution in [0.25, 0.3) is 0 Å². The van der Waals surface area contributed by atoms with Gasteiger partial charge in [-0.15, -0.1) is 0 Å². The number of carbonyl (C=O) groups is 1. The quantitative estimate of drug-likeness (QED) is 0.784. The number of fused-ring (bicyclic) bond motifs is 1. The van der Waals surface area contributed by atoms with E-state index in [-0.39, 0.29) is 29.7 Å². The molecule has 1 fully saturated rings. The first-order valence-electron chi connectivity index (χ1n) is 10.7. The van der Waals surface area contributed by atoms with Gasteiger partial charge in [0.15, 0.2) is 0 Å². The molecule has 0 aliphatic carbocycles. The molecule has 8 heteroatoms. The summed E-state index contributed by atoms with van der Waals surface area (Å²) >= 11 is 0. The monoisotopic (exact) mass is 445 g/mol. The fourth-order valence-electron chi connectivity index (χ4n) is 4.55. The molecule has 6 nitrogen and oxygen atoms in total. The first-order valence-corrected chi connectivity index (χ1v) is 12.3. The third-order valence-electron chi connectivity index (χ3n) is 6.28. The number of piperidine rings is 1. The molecule has 31 heavy (non-hydrogen) atoms. The maximum absolute atomic E-state index is 14.3. The maximum atomic E-state index is 14.3. The van der Waals surface area contributed by atoms with Crippen LogP contribution >= 0.6 is 0 Å². The number of nitrogens with one attached hydrogen (secondary N) is 1. The minimum Gasteiger partial charge on any atom is -0.335 e. The van der Waals surface area contributed by atoms with Crippen molar-refractivity contribution >= 4 is 16.1 Å². The highest BCUT2D eigenvalue weighted by atomic mass is 32.2. The lowest BCUT2D eigenvalue weighted by molar-refractivity contribution is 0.164. The van der Waals surface area contributed by atoms with Gasteiger partial charge in [0.25, 0.3) is 0 Å². The largest absolute Gasteiger partial charge is 0.335 e. The second-order valence-corrected chi connectivity index (χ2v) is 10.3. The van der Waals surface area contributed by atoms with Crippen molar-refractivity contribution in [2.75, 3.05) is 19.6 Å². The Kier molecular flexibility index (Phi) is 6.29. The van der Waals surface area contributed by atoms with E-state index in [9.17, 15) is 17.6 Å². The Labute approximate surface area is 183 Å². The lowest BCUT2D eigenvalue weighted by Gasteiger charge is -2.38. The van der Waals surface area contributed by atoms with Crippen molar-refractivity contribution < 1.29 is 17.6 Å². The number of urea groups is 1. The highest BCUT2D eigenvalue weighted by Crippen LogP contribution is 2.31. The van der Waals surface area contributed by atoms with Crippen molar-refractivity contribution in [3.8, 4) is 0 Å². The van der Waals surface area contributed by atoms with Crippen LogP contribution in [0.3, 0.4) is 0 Å². The van der Waals surface area contributed by atoms with Crippen LogP contribution in [-0.4, -0.2) is 49.3 Å². The number of hydrogen-bond acceptors (Lipinski definition) is 3. The zero-order valence-electron chi connectivity index (χ0n) is 17.6. The van der Waals surface area contributed by atoms with Crippen LogP contribution in [0.1, 0.15) is 42.5 Å². The molecule has 0 radical (unpaired) electrons. The third-order valence-corrected chi connectivity index (χ3v) is 8.13. The van der Waals surface area contributed by atoms with Gasteiger partial charge in [0.2, 0.25) is 10.0 Å². The second-order valence-electron chi connectivity index (χ2n) is 8.30. The molecule has 2 amide bonds. The molecule has 0 aromatic heterocycles. The summed E-state index contributed by atoms with van der Waals surface area (Å²) in [5.74, 6) is -0.291. The van der Waals surface area contributed by atoms with E-state index in [1.165, 1.54) is 10.4 Å². The number of amides is 2. The first kappa shape index (κ1) is 21.8. The summed E-state index contributed by atoms with van der Waals surface area (Å²) in [4.78, 5) is 14.5. The van der Waals surface area contributed by atoms with Gasteiger partial charge in [-0.25, -0.2) is 21.9 Å². The van der Waals surface area contributed by atoms with Crippen LogP contribution in [0.5, 0.6) is 0 Å². The van der Waals surface area contributed by atoms with E-state index in [2.05, 4.69) is 5.32 Å². The smallest absolute Gasteiger partial charge is 0.318 e. The van der Waals surface area contributed by atoms with Crippen LogP contribution in [-0.2, 0) is 22.2 Å². The van der Waals surface area contributed by atoms with Gasteiger partial charge in [0, 0.05) is 31.2 Å². The molecule has 2 aliphatic heterocycles. The van der Waals surface area contributed by atoms with Crippen LogP contribution in [0.2, 0.25) is 0 Å². The maximum Gasteiger partial charge on any atom is 0.318 e. The van der Waals surface area contributed by atoms with Gasteiger partial charge >= 0.3 is 6.03 Å². The van der Waals surface area contributed by atoms with Crippen molar-refractivity contribution in [3.63, 3.8) is 0 Å². The summed E-state index contributed by atoms with van der Waals surface area (Å²) in [7, 11) is -3.39. The Morgan fingerprint density at radius 1 is 1.06 bits per heavy atom. The number of carbonyl (C=O) groups excluding carboxylic acids is 1. The number of halogens is 1. The molecule has 166 valence electrons. The van der Waals surface area contributed by atoms with E-state index in [1.807, 2.05) is 43.3 Å². The van der Waals surface area contributed by atoms with Gasteiger partial charge in [0.05, 0.1) is 11.8 Å². The molecule has 0 spiro atoms. The molecule has 0 saturated carbocycles. The van der Waals surface area contributed by atoms with Crippen molar-refractivity contribution in [3.05, 3.63) is 71.0 Å². The topological polar surface area (TPSA) is 69.7 Å². The molecule has 1 unspecified atom stereocenters. The third kappa shape index (κ3) is 4.75. The van der Waals surface area contributed by atoms with Crippen molar-refractivity contribution in [2.24, 2.45) is 0 Å². The van der Waals surface area contributed by atoms with E-state index in [1.54, 1.807) is 11.0 Å². The Morgan fingerprint density at radius 3 is 2.48 bits per heavy atom. The fraction of sp³-hybridized carbons (Fsp3) is 0.435. The molecule has 2 aromatic rings. The fourth-order valence-corrected chi connectivity index (χ4v) is 6.11. The number of benzene rings is 2. The lowest BCUT2D eigenvalue weighted by atomic mass is 9.93. The van der Waals surface area contributed by atoms with E-state index in [0.717, 1.165) is 11.1 Å². The normalized spacial score (nSPS) is 20.3. The molecule has 0 bridgehead atoms. The SMILES string of the molecule is CC1c2c(F)cccc2CCN1C(=O)NC1CCN(S(=O)(=O)Cc2ccccc2)CC1. The van der Waals surface area contributed by atoms with Gasteiger partial charge in [-0.1, -0.05) is 42.5 Å². The van der Waals surface area contributed by atoms with Gasteiger partial charge in [0.1, 0.15) is 5.82 Å². The Morgan fingerprint density at radius 2 is 1.77 bits per heavy atom. The first-order chi connectivity index (χ1) is 14.8. The molecule has 2 aromatic carbocycles. The summed E-state index contributed by atoms with van der Waals surface area (Å²) in [5.41, 5.74) is 2.31. The Bertz CT molecular complexity index is 1040. The summed E-state index contributed by atoms with van der Waals surface area (Å²) in [6.07, 6.45) is 1.75. The van der Waals surface area contributed by atoms with Crippen LogP contribution < -0.4 is 5.32 Å². The average Bonchev–Trinajstić information content (AvgIpc) is 2.75. The highest BCUT2D eigenvalue weighted by molar-refractivity contribution is 7.88. The molecule has 1 N–H and O–H groups in total. The van der Waals surface area contributed by atoms with E-state index in [0.29, 0.717) is 44.5 Å². The molecular weight excluding hydrogens is 417 g/mol. The Balaban J connectivity index is 1.33. The van der Waals surface area contributed by atoms with Crippen LogP contribution in [0.4, 0.5) is 9.18 Å². The lowest BCUT2D eigenvalue weighted by Crippen LogP contribution is -2.52. The number of nitrogens with zero attached hydrogens (tertiary/aromatic N) is 2. The molecule has 2 aliphatic rings. The standard InChI is InChI=1S/C23H28FN3O3S/c1-17-22-19(8-5-9-21(22)24)10-15-27(17)23(28)25-20-11-13-26(14-12-20)31(29,30)16-18-6-3-2-4-7-18/h2-9,17,20H,10-16H2,1H3,(H,25,28). The van der Waals surface area contributed by atoms with E-state index < -0.39 is 10.0 Å². The minimum absolute atomic E-state index is 0.0128. The molecule has 1 atom stereocenters. The summed E-state index contributed by atoms with van der Waals surface area (Å²) in [6, 6.07) is 13.6. The minimum atomic E-state index is -3.39. The molecular formula is C23H28FN3O3S. The Hall–Kier alpha value is -2.45. The highest BCUT2D eigenvalue weighted by Gasteiger charge is 2.33. The van der Waals surface area contributed by atoms with Crippen molar-refractivity contribution in [1.82, 2.24) is 14.5 Å². The average molecular weight is 446 g/mol. The predicted molar refractivity (Wildman–Crippen MR) is 117 cm³/mol. The number of rotatable bonds is 4. The molecule has 2 heterocycles. The van der Waals surface area contributed by atoms with E-state index in [4.69, 9.17) is 0 Å². The number of sulfonamides is 1. The van der Waals surface area contributed by atoms with Crippen molar-refractivity contribution in [1.29, 1.82) is 0 Å². The number of hydrogen-bond donors (Lipinski definition) is 1. The second kappa shape index (κ2) is 8.96. The summed E-state index contributed by atoms with van der Waals surface area (Å²) < 4.78 is 41.3. The van der Waals surface area contributed by atoms with Gasteiger partial charge in [-0.2, -0.15) is 0 Å². The van der Waals surface area contributed by atoms with Crippen LogP contribution in [0.15, 0.2) is 48.5 Å². The zero-order chi connectivity index (χ0) is 22.0. The van der Waals surface area contributed by atoms with Crippen LogP contribution in [0, 0.1) is 5.82 Å². The van der Waals surface area contributed by atoms with Gasteiger partial charge < -0.3 is 10.2 Å². The molecule has 4 rings (SSSR count). The van der Waals surface area contributed by atoms with Gasteiger partial charge in [-0.05, 0) is 43.4 Å².